The van der Waals surface area contributed by atoms with Crippen LogP contribution in [0.15, 0.2) is 17.0 Å². The van der Waals surface area contributed by atoms with Crippen molar-refractivity contribution in [1.29, 1.82) is 0 Å². The van der Waals surface area contributed by atoms with Crippen molar-refractivity contribution in [3.63, 3.8) is 0 Å². The second-order valence-electron chi connectivity index (χ2n) is 4.36. The molecule has 4 nitrogen and oxygen atoms in total. The number of carbonyl (C=O) groups is 1. The van der Waals surface area contributed by atoms with Gasteiger partial charge in [-0.05, 0) is 30.9 Å². The second-order valence-corrected chi connectivity index (χ2v) is 7.71. The van der Waals surface area contributed by atoms with Gasteiger partial charge in [-0.3, -0.25) is 4.79 Å². The van der Waals surface area contributed by atoms with Crippen LogP contribution in [-0.4, -0.2) is 20.9 Å². The summed E-state index contributed by atoms with van der Waals surface area (Å²) in [6.45, 7) is 0.546. The lowest BCUT2D eigenvalue weighted by Gasteiger charge is -2.09. The molecule has 1 fully saturated rings. The number of carbonyl (C=O) groups excluding carboxylic acids is 1. The van der Waals surface area contributed by atoms with E-state index in [0.717, 1.165) is 25.0 Å². The van der Waals surface area contributed by atoms with Gasteiger partial charge in [0.15, 0.2) is 0 Å². The highest BCUT2D eigenvalue weighted by Crippen LogP contribution is 2.31. The maximum absolute atomic E-state index is 11.9. The molecule has 0 saturated heterocycles. The first kappa shape index (κ1) is 14.9. The van der Waals surface area contributed by atoms with Crippen molar-refractivity contribution in [1.82, 2.24) is 5.32 Å². The van der Waals surface area contributed by atoms with Crippen LogP contribution in [0.4, 0.5) is 0 Å². The van der Waals surface area contributed by atoms with E-state index in [1.165, 1.54) is 0 Å². The maximum atomic E-state index is 11.9. The second kappa shape index (κ2) is 5.48. The minimum Gasteiger partial charge on any atom is -0.352 e. The van der Waals surface area contributed by atoms with Gasteiger partial charge in [-0.2, -0.15) is 0 Å². The first-order valence-electron chi connectivity index (χ1n) is 5.51. The molecule has 1 aliphatic rings. The van der Waals surface area contributed by atoms with Gasteiger partial charge in [-0.15, -0.1) is 0 Å². The average molecular weight is 343 g/mol. The van der Waals surface area contributed by atoms with Gasteiger partial charge in [-0.1, -0.05) is 23.2 Å². The summed E-state index contributed by atoms with van der Waals surface area (Å²) in [6, 6.07) is 2.24. The van der Waals surface area contributed by atoms with Crippen LogP contribution in [0.5, 0.6) is 0 Å². The quantitative estimate of drug-likeness (QED) is 0.855. The molecule has 8 heteroatoms. The molecule has 19 heavy (non-hydrogen) atoms. The Morgan fingerprint density at radius 1 is 1.32 bits per heavy atom. The maximum Gasteiger partial charge on any atom is 0.261 e. The highest BCUT2D eigenvalue weighted by molar-refractivity contribution is 8.13. The Labute approximate surface area is 125 Å². The van der Waals surface area contributed by atoms with E-state index in [4.69, 9.17) is 33.9 Å². The third-order valence-corrected chi connectivity index (χ3v) is 4.91. The van der Waals surface area contributed by atoms with E-state index < -0.39 is 15.0 Å². The average Bonchev–Trinajstić information content (AvgIpc) is 3.11. The minimum atomic E-state index is -3.97. The monoisotopic (exact) mass is 341 g/mol. The van der Waals surface area contributed by atoms with Crippen molar-refractivity contribution < 1.29 is 13.2 Å². The Balaban J connectivity index is 2.31. The van der Waals surface area contributed by atoms with Gasteiger partial charge in [0.2, 0.25) is 0 Å². The number of halogens is 3. The van der Waals surface area contributed by atoms with Gasteiger partial charge in [-0.25, -0.2) is 8.42 Å². The molecule has 0 radical (unpaired) electrons. The van der Waals surface area contributed by atoms with Gasteiger partial charge in [0, 0.05) is 17.2 Å². The molecule has 0 aromatic heterocycles. The Morgan fingerprint density at radius 2 is 1.95 bits per heavy atom. The minimum absolute atomic E-state index is 0.00837. The number of benzene rings is 1. The molecule has 1 aliphatic carbocycles. The topological polar surface area (TPSA) is 63.2 Å². The summed E-state index contributed by atoms with van der Waals surface area (Å²) in [5.41, 5.74) is 0.00837. The Hall–Kier alpha value is -0.490. The SMILES string of the molecule is O=C(NCC1CC1)c1cc(S(=O)(=O)Cl)cc(Cl)c1Cl. The van der Waals surface area contributed by atoms with Crippen LogP contribution in [0.1, 0.15) is 23.2 Å². The van der Waals surface area contributed by atoms with Crippen LogP contribution < -0.4 is 5.32 Å². The first-order valence-corrected chi connectivity index (χ1v) is 8.57. The summed E-state index contributed by atoms with van der Waals surface area (Å²) in [7, 11) is 1.27. The van der Waals surface area contributed by atoms with Crippen molar-refractivity contribution in [2.45, 2.75) is 17.7 Å². The first-order chi connectivity index (χ1) is 8.79. The molecule has 0 atom stereocenters. The van der Waals surface area contributed by atoms with Crippen molar-refractivity contribution in [2.24, 2.45) is 5.92 Å². The van der Waals surface area contributed by atoms with E-state index in [2.05, 4.69) is 5.32 Å². The number of rotatable bonds is 4. The smallest absolute Gasteiger partial charge is 0.261 e. The fraction of sp³-hybridized carbons (Fsp3) is 0.364. The summed E-state index contributed by atoms with van der Waals surface area (Å²) >= 11 is 11.7. The fourth-order valence-electron chi connectivity index (χ4n) is 1.52. The summed E-state index contributed by atoms with van der Waals surface area (Å²) < 4.78 is 22.6. The molecule has 0 heterocycles. The van der Waals surface area contributed by atoms with E-state index in [-0.39, 0.29) is 20.5 Å². The number of nitrogens with one attached hydrogen (secondary N) is 1. The number of amides is 1. The van der Waals surface area contributed by atoms with Crippen molar-refractivity contribution in [3.05, 3.63) is 27.7 Å². The van der Waals surface area contributed by atoms with Gasteiger partial charge < -0.3 is 5.32 Å². The molecular formula is C11H10Cl3NO3S. The van der Waals surface area contributed by atoms with Crippen LogP contribution in [0.25, 0.3) is 0 Å². The largest absolute Gasteiger partial charge is 0.352 e. The molecule has 1 aromatic carbocycles. The van der Waals surface area contributed by atoms with Crippen LogP contribution in [0, 0.1) is 5.92 Å². The van der Waals surface area contributed by atoms with Crippen LogP contribution in [0.3, 0.4) is 0 Å². The van der Waals surface area contributed by atoms with Gasteiger partial charge in [0.25, 0.3) is 15.0 Å². The van der Waals surface area contributed by atoms with Crippen molar-refractivity contribution in [3.8, 4) is 0 Å². The van der Waals surface area contributed by atoms with E-state index in [1.807, 2.05) is 0 Å². The van der Waals surface area contributed by atoms with Crippen LogP contribution >= 0.6 is 33.9 Å². The predicted octanol–water partition coefficient (Wildman–Crippen LogP) is 3.06. The third kappa shape index (κ3) is 3.75. The summed E-state index contributed by atoms with van der Waals surface area (Å²) in [5, 5.41) is 2.67. The van der Waals surface area contributed by atoms with Gasteiger partial charge in [0.1, 0.15) is 0 Å². The fourth-order valence-corrected chi connectivity index (χ4v) is 2.79. The van der Waals surface area contributed by atoms with Gasteiger partial charge in [0.05, 0.1) is 20.5 Å². The molecule has 1 N–H and O–H groups in total. The van der Waals surface area contributed by atoms with E-state index >= 15 is 0 Å². The Morgan fingerprint density at radius 3 is 2.47 bits per heavy atom. The molecule has 0 unspecified atom stereocenters. The van der Waals surface area contributed by atoms with Crippen molar-refractivity contribution in [2.75, 3.05) is 6.54 Å². The summed E-state index contributed by atoms with van der Waals surface area (Å²) in [6.07, 6.45) is 2.18. The van der Waals surface area contributed by atoms with E-state index in [0.29, 0.717) is 12.5 Å². The number of hydrogen-bond donors (Lipinski definition) is 1. The molecule has 1 amide bonds. The van der Waals surface area contributed by atoms with E-state index in [9.17, 15) is 13.2 Å². The molecular weight excluding hydrogens is 333 g/mol. The Bertz CT molecular complexity index is 626. The molecule has 2 rings (SSSR count). The molecule has 1 saturated carbocycles. The normalized spacial score (nSPS) is 15.3. The zero-order valence-electron chi connectivity index (χ0n) is 9.62. The lowest BCUT2D eigenvalue weighted by Crippen LogP contribution is -2.26. The Kier molecular flexibility index (Phi) is 4.30. The summed E-state index contributed by atoms with van der Waals surface area (Å²) in [4.78, 5) is 11.7. The lowest BCUT2D eigenvalue weighted by molar-refractivity contribution is 0.0951. The lowest BCUT2D eigenvalue weighted by atomic mass is 10.2. The third-order valence-electron chi connectivity index (χ3n) is 2.78. The highest BCUT2D eigenvalue weighted by Gasteiger charge is 2.24. The van der Waals surface area contributed by atoms with Gasteiger partial charge >= 0.3 is 0 Å². The standard InChI is InChI=1S/C11H10Cl3NO3S/c12-9-4-7(19(14,17)18)3-8(10(9)13)11(16)15-5-6-1-2-6/h3-4,6H,1-2,5H2,(H,15,16). The van der Waals surface area contributed by atoms with Crippen LogP contribution in [0.2, 0.25) is 10.0 Å². The summed E-state index contributed by atoms with van der Waals surface area (Å²) in [5.74, 6) is 0.0408. The van der Waals surface area contributed by atoms with Crippen LogP contribution in [-0.2, 0) is 9.05 Å². The zero-order chi connectivity index (χ0) is 14.2. The molecule has 0 bridgehead atoms. The molecule has 104 valence electrons. The predicted molar refractivity (Wildman–Crippen MR) is 74.6 cm³/mol. The molecule has 0 aliphatic heterocycles. The molecule has 1 aromatic rings. The highest BCUT2D eigenvalue weighted by atomic mass is 35.7. The zero-order valence-corrected chi connectivity index (χ0v) is 12.7. The van der Waals surface area contributed by atoms with Crippen molar-refractivity contribution >= 4 is 48.8 Å². The number of hydrogen-bond acceptors (Lipinski definition) is 3. The van der Waals surface area contributed by atoms with E-state index in [1.54, 1.807) is 0 Å². The molecule has 0 spiro atoms.